The maximum Gasteiger partial charge on any atom is 0.335 e. The van der Waals surface area contributed by atoms with Crippen molar-refractivity contribution >= 4 is 36.2 Å². The third kappa shape index (κ3) is 9.67. The molecule has 110 valence electrons. The first-order chi connectivity index (χ1) is 9.51. The molecule has 0 amide bonds. The van der Waals surface area contributed by atoms with Gasteiger partial charge in [-0.05, 0) is 12.1 Å². The zero-order chi connectivity index (χ0) is 15.4. The Hall–Kier alpha value is -1.22. The van der Waals surface area contributed by atoms with Crippen LogP contribution in [0.1, 0.15) is 10.4 Å². The van der Waals surface area contributed by atoms with E-state index in [1.807, 2.05) is 18.2 Å². The molecule has 2 rings (SSSR count). The number of carboxylic acids is 1. The molecule has 0 saturated carbocycles. The van der Waals surface area contributed by atoms with E-state index in [2.05, 4.69) is 0 Å². The van der Waals surface area contributed by atoms with E-state index in [4.69, 9.17) is 35.4 Å². The van der Waals surface area contributed by atoms with Crippen LogP contribution in [0.5, 0.6) is 0 Å². The Balaban J connectivity index is 0.000000315. The molecule has 0 spiro atoms. The van der Waals surface area contributed by atoms with Gasteiger partial charge in [-0.25, -0.2) is 4.79 Å². The van der Waals surface area contributed by atoms with Crippen molar-refractivity contribution < 1.29 is 26.4 Å². The van der Waals surface area contributed by atoms with Gasteiger partial charge >= 0.3 is 41.3 Å². The Kier molecular flexibility index (Phi) is 10.9. The van der Waals surface area contributed by atoms with Crippen molar-refractivity contribution in [2.24, 2.45) is 0 Å². The summed E-state index contributed by atoms with van der Waals surface area (Å²) in [5.74, 6) is -0.958. The number of rotatable bonds is 1. The van der Waals surface area contributed by atoms with Crippen LogP contribution in [-0.4, -0.2) is 11.1 Å². The summed E-state index contributed by atoms with van der Waals surface area (Å²) in [6.07, 6.45) is 0. The molecular weight excluding hydrogens is 482 g/mol. The Morgan fingerprint density at radius 1 is 0.900 bits per heavy atom. The minimum Gasteiger partial charge on any atom is -0.699 e. The van der Waals surface area contributed by atoms with Crippen LogP contribution in [0.3, 0.4) is 0 Å². The molecule has 0 aromatic heterocycles. The first-order valence-electron chi connectivity index (χ1n) is 5.15. The van der Waals surface area contributed by atoms with Crippen molar-refractivity contribution in [3.8, 4) is 0 Å². The van der Waals surface area contributed by atoms with Crippen LogP contribution in [0.2, 0.25) is 0 Å². The second-order valence-corrected chi connectivity index (χ2v) is 6.58. The second kappa shape index (κ2) is 11.6. The Bertz CT molecular complexity index is 495. The fourth-order valence-electron chi connectivity index (χ4n) is 1.05. The first-order valence-corrected chi connectivity index (χ1v) is 10.8. The number of halogens is 2. The van der Waals surface area contributed by atoms with E-state index in [9.17, 15) is 4.79 Å². The van der Waals surface area contributed by atoms with Gasteiger partial charge in [0.05, 0.1) is 5.56 Å². The fraction of sp³-hybridized carbons (Fsp3) is 0. The number of carboxylic acid groups (broad SMARTS) is 1. The maximum absolute atomic E-state index is 10.3. The molecule has 0 unspecified atom stereocenters. The van der Waals surface area contributed by atoms with E-state index in [0.717, 1.165) is 0 Å². The van der Waals surface area contributed by atoms with Crippen LogP contribution in [0.25, 0.3) is 11.5 Å². The van der Waals surface area contributed by atoms with Crippen LogP contribution in [0.15, 0.2) is 54.6 Å². The van der Waals surface area contributed by atoms with Gasteiger partial charge in [-0.1, -0.05) is 42.5 Å². The number of aromatic carboxylic acids is 1. The van der Waals surface area contributed by atoms with E-state index in [-0.39, 0.29) is 5.56 Å². The van der Waals surface area contributed by atoms with Gasteiger partial charge in [-0.2, -0.15) is 0 Å². The Morgan fingerprint density at radius 3 is 1.60 bits per heavy atom. The molecule has 0 radical (unpaired) electrons. The summed E-state index contributed by atoms with van der Waals surface area (Å²) in [5.41, 5.74) is 15.1. The van der Waals surface area contributed by atoms with Gasteiger partial charge in [-0.15, -0.1) is 11.4 Å². The minimum atomic E-state index is -0.958. The van der Waals surface area contributed by atoms with Crippen LogP contribution < -0.4 is 0 Å². The molecule has 0 aliphatic rings. The van der Waals surface area contributed by atoms with Crippen LogP contribution >= 0.6 is 18.8 Å². The predicted octanol–water partition coefficient (Wildman–Crippen LogP) is 5.82. The second-order valence-electron chi connectivity index (χ2n) is 3.29. The van der Waals surface area contributed by atoms with Gasteiger partial charge in [0.1, 0.15) is 0 Å². The van der Waals surface area contributed by atoms with Crippen LogP contribution in [0.4, 0.5) is 11.4 Å². The largest absolute Gasteiger partial charge is 0.699 e. The van der Waals surface area contributed by atoms with Crippen molar-refractivity contribution in [2.45, 2.75) is 0 Å². The molecule has 7 heteroatoms. The average molecular weight is 494 g/mol. The monoisotopic (exact) mass is 493 g/mol. The zero-order valence-electron chi connectivity index (χ0n) is 10.1. The molecule has 2 aromatic carbocycles. The molecule has 0 aliphatic carbocycles. The number of hydrogen-bond donors (Lipinski definition) is 1. The van der Waals surface area contributed by atoms with E-state index < -0.39 is 22.5 Å². The molecule has 0 atom stereocenters. The number of hydrogen-bond acceptors (Lipinski definition) is 1. The van der Waals surface area contributed by atoms with E-state index in [1.54, 1.807) is 12.1 Å². The van der Waals surface area contributed by atoms with Crippen LogP contribution in [-0.2, 0) is 16.5 Å². The smallest absolute Gasteiger partial charge is 0.335 e. The Labute approximate surface area is 134 Å². The molecule has 0 aliphatic heterocycles. The van der Waals surface area contributed by atoms with Crippen molar-refractivity contribution in [1.29, 1.82) is 0 Å². The topological polar surface area (TPSA) is 84.9 Å². The van der Waals surface area contributed by atoms with Gasteiger partial charge in [0, 0.05) is 0 Å². The van der Waals surface area contributed by atoms with E-state index in [0.29, 0.717) is 11.4 Å². The fourth-order valence-corrected chi connectivity index (χ4v) is 1.05. The summed E-state index contributed by atoms with van der Waals surface area (Å²) >= 11 is -0.472. The average Bonchev–Trinajstić information content (AvgIpc) is 2.41. The van der Waals surface area contributed by atoms with E-state index in [1.165, 1.54) is 24.3 Å². The van der Waals surface area contributed by atoms with Crippen molar-refractivity contribution in [3.63, 3.8) is 0 Å². The molecule has 0 fully saturated rings. The SMILES string of the molecule is [Cl][Pt+2][Cl].[NH-]c1ccc(C(=O)O)cc1.[NH-]c1ccccc1. The maximum atomic E-state index is 10.3. The summed E-state index contributed by atoms with van der Waals surface area (Å²) in [6.45, 7) is 0. The summed E-state index contributed by atoms with van der Waals surface area (Å²) in [4.78, 5) is 10.3. The molecule has 0 heterocycles. The number of carbonyl (C=O) groups is 1. The molecule has 4 nitrogen and oxygen atoms in total. The molecule has 20 heavy (non-hydrogen) atoms. The molecule has 0 bridgehead atoms. The molecule has 3 N–H and O–H groups in total. The zero-order valence-corrected chi connectivity index (χ0v) is 13.9. The van der Waals surface area contributed by atoms with Crippen LogP contribution in [0, 0.1) is 0 Å². The molecule has 2 aromatic rings. The van der Waals surface area contributed by atoms with Gasteiger partial charge < -0.3 is 16.6 Å². The van der Waals surface area contributed by atoms with Crippen molar-refractivity contribution in [2.75, 3.05) is 0 Å². The standard InChI is InChI=1S/C7H6NO2.C6H6N.2ClH.Pt/c8-6-3-1-5(2-4-6)7(9)10;7-6-4-2-1-3-5-6;;;/h1-4,8H,(H,9,10);1-5,7H;2*1H;/q2*-1;;;+4/p-2. The van der Waals surface area contributed by atoms with Crippen molar-refractivity contribution in [1.82, 2.24) is 0 Å². The normalized spacial score (nSPS) is 8.70. The summed E-state index contributed by atoms with van der Waals surface area (Å²) < 4.78 is 0. The third-order valence-electron chi connectivity index (χ3n) is 1.91. The minimum absolute atomic E-state index is 0.219. The number of benzene rings is 2. The van der Waals surface area contributed by atoms with Gasteiger partial charge in [0.2, 0.25) is 0 Å². The van der Waals surface area contributed by atoms with Crippen molar-refractivity contribution in [3.05, 3.63) is 71.6 Å². The predicted molar refractivity (Wildman–Crippen MR) is 79.5 cm³/mol. The van der Waals surface area contributed by atoms with E-state index >= 15 is 0 Å². The molecule has 0 saturated heterocycles. The summed E-state index contributed by atoms with van der Waals surface area (Å²) in [6, 6.07) is 14.8. The summed E-state index contributed by atoms with van der Waals surface area (Å²) in [7, 11) is 9.75. The van der Waals surface area contributed by atoms with Gasteiger partial charge in [0.15, 0.2) is 0 Å². The Morgan fingerprint density at radius 2 is 1.30 bits per heavy atom. The number of nitrogens with one attached hydrogen (secondary N) is 2. The summed E-state index contributed by atoms with van der Waals surface area (Å²) in [5, 5.41) is 8.41. The quantitative estimate of drug-likeness (QED) is 0.542. The van der Waals surface area contributed by atoms with Gasteiger partial charge in [-0.3, -0.25) is 0 Å². The third-order valence-corrected chi connectivity index (χ3v) is 1.91. The first kappa shape index (κ1) is 18.8. The molecular formula is C13H12Cl2N2O2Pt. The van der Waals surface area contributed by atoms with Gasteiger partial charge in [0.25, 0.3) is 0 Å².